The number of rotatable bonds is 7. The highest BCUT2D eigenvalue weighted by Crippen LogP contribution is 2.28. The van der Waals surface area contributed by atoms with Gasteiger partial charge in [0, 0.05) is 67.3 Å². The molecule has 214 valence electrons. The zero-order valence-electron chi connectivity index (χ0n) is 23.7. The fourth-order valence-electron chi connectivity index (χ4n) is 5.03. The van der Waals surface area contributed by atoms with Crippen LogP contribution in [0.1, 0.15) is 42.2 Å². The average Bonchev–Trinajstić information content (AvgIpc) is 3.01. The van der Waals surface area contributed by atoms with E-state index in [-0.39, 0.29) is 17.7 Å². The summed E-state index contributed by atoms with van der Waals surface area (Å²) < 4.78 is 0. The monoisotopic (exact) mass is 580 g/mol. The van der Waals surface area contributed by atoms with Crippen molar-refractivity contribution >= 4 is 40.7 Å². The molecule has 4 aromatic rings. The van der Waals surface area contributed by atoms with Crippen LogP contribution in [0.15, 0.2) is 97.1 Å². The standard InChI is InChI=1S/C34H33ClN4O3/c1-24-8-10-27(11-9-24)33(41)39-20-18-38(19-21-39)31-17-16-29(36-32(40)26-12-14-28(35)15-13-26)22-30(31)34(42)37(2)23-25-6-4-3-5-7-25/h3-17,22H,18-21,23H2,1-2H3,(H,36,40). The van der Waals surface area contributed by atoms with Crippen LogP contribution in [0.3, 0.4) is 0 Å². The van der Waals surface area contributed by atoms with Gasteiger partial charge >= 0.3 is 0 Å². The Morgan fingerprint density at radius 3 is 2.12 bits per heavy atom. The first kappa shape index (κ1) is 28.9. The molecule has 0 aromatic heterocycles. The molecule has 1 aliphatic heterocycles. The van der Waals surface area contributed by atoms with Gasteiger partial charge in [-0.3, -0.25) is 14.4 Å². The molecule has 0 aliphatic carbocycles. The lowest BCUT2D eigenvalue weighted by atomic mass is 10.1. The Balaban J connectivity index is 1.37. The lowest BCUT2D eigenvalue weighted by Crippen LogP contribution is -2.49. The van der Waals surface area contributed by atoms with Crippen LogP contribution in [0.2, 0.25) is 5.02 Å². The number of piperazine rings is 1. The third-order valence-corrected chi connectivity index (χ3v) is 7.66. The van der Waals surface area contributed by atoms with Gasteiger partial charge in [-0.15, -0.1) is 0 Å². The number of amides is 3. The van der Waals surface area contributed by atoms with Gasteiger partial charge in [-0.1, -0.05) is 59.6 Å². The van der Waals surface area contributed by atoms with E-state index in [1.165, 1.54) is 0 Å². The SMILES string of the molecule is Cc1ccc(C(=O)N2CCN(c3ccc(NC(=O)c4ccc(Cl)cc4)cc3C(=O)N(C)Cc3ccccc3)CC2)cc1. The second-order valence-electron chi connectivity index (χ2n) is 10.5. The fourth-order valence-corrected chi connectivity index (χ4v) is 5.16. The first-order valence-corrected chi connectivity index (χ1v) is 14.3. The number of hydrogen-bond acceptors (Lipinski definition) is 4. The molecular weight excluding hydrogens is 548 g/mol. The summed E-state index contributed by atoms with van der Waals surface area (Å²) in [5, 5.41) is 3.46. The maximum Gasteiger partial charge on any atom is 0.256 e. The molecule has 1 aliphatic rings. The van der Waals surface area contributed by atoms with E-state index >= 15 is 0 Å². The van der Waals surface area contributed by atoms with Crippen LogP contribution in [-0.2, 0) is 6.54 Å². The van der Waals surface area contributed by atoms with Gasteiger partial charge in [-0.05, 0) is 67.1 Å². The van der Waals surface area contributed by atoms with Crippen molar-refractivity contribution in [3.8, 4) is 0 Å². The molecule has 0 saturated carbocycles. The number of carbonyl (C=O) groups excluding carboxylic acids is 3. The molecule has 1 heterocycles. The van der Waals surface area contributed by atoms with Gasteiger partial charge in [0.1, 0.15) is 0 Å². The van der Waals surface area contributed by atoms with Gasteiger partial charge in [0.05, 0.1) is 5.56 Å². The third-order valence-electron chi connectivity index (χ3n) is 7.41. The summed E-state index contributed by atoms with van der Waals surface area (Å²) >= 11 is 5.97. The molecule has 0 atom stereocenters. The lowest BCUT2D eigenvalue weighted by Gasteiger charge is -2.37. The molecule has 5 rings (SSSR count). The molecule has 1 saturated heterocycles. The molecule has 1 N–H and O–H groups in total. The second kappa shape index (κ2) is 12.9. The molecule has 1 fully saturated rings. The first-order valence-electron chi connectivity index (χ1n) is 13.9. The van der Waals surface area contributed by atoms with Gasteiger partial charge in [-0.25, -0.2) is 0 Å². The van der Waals surface area contributed by atoms with Crippen molar-refractivity contribution in [3.63, 3.8) is 0 Å². The van der Waals surface area contributed by atoms with Gasteiger partial charge in [0.2, 0.25) is 0 Å². The van der Waals surface area contributed by atoms with Crippen LogP contribution in [0, 0.1) is 6.92 Å². The zero-order chi connectivity index (χ0) is 29.6. The number of nitrogens with one attached hydrogen (secondary N) is 1. The number of benzene rings is 4. The summed E-state index contributed by atoms with van der Waals surface area (Å²) in [6.07, 6.45) is 0. The minimum atomic E-state index is -0.293. The number of halogens is 1. The van der Waals surface area contributed by atoms with Crippen molar-refractivity contribution in [1.82, 2.24) is 9.80 Å². The van der Waals surface area contributed by atoms with Crippen molar-refractivity contribution in [2.75, 3.05) is 43.4 Å². The summed E-state index contributed by atoms with van der Waals surface area (Å²) in [4.78, 5) is 45.5. The van der Waals surface area contributed by atoms with Crippen LogP contribution in [-0.4, -0.2) is 60.7 Å². The highest BCUT2D eigenvalue weighted by atomic mass is 35.5. The molecule has 0 bridgehead atoms. The normalized spacial score (nSPS) is 13.0. The Hall–Kier alpha value is -4.62. The van der Waals surface area contributed by atoms with Gasteiger partial charge in [-0.2, -0.15) is 0 Å². The molecule has 0 radical (unpaired) electrons. The number of nitrogens with zero attached hydrogens (tertiary/aromatic N) is 3. The van der Waals surface area contributed by atoms with Crippen molar-refractivity contribution in [2.45, 2.75) is 13.5 Å². The Bertz CT molecular complexity index is 1570. The van der Waals surface area contributed by atoms with E-state index in [1.54, 1.807) is 48.3 Å². The third kappa shape index (κ3) is 6.81. The van der Waals surface area contributed by atoms with Crippen LogP contribution in [0.5, 0.6) is 0 Å². The maximum absolute atomic E-state index is 13.9. The predicted molar refractivity (Wildman–Crippen MR) is 167 cm³/mol. The fraction of sp³-hybridized carbons (Fsp3) is 0.206. The highest BCUT2D eigenvalue weighted by molar-refractivity contribution is 6.30. The molecule has 0 unspecified atom stereocenters. The van der Waals surface area contributed by atoms with Gasteiger partial charge in [0.25, 0.3) is 17.7 Å². The number of aryl methyl sites for hydroxylation is 1. The van der Waals surface area contributed by atoms with Gasteiger partial charge in [0.15, 0.2) is 0 Å². The van der Waals surface area contributed by atoms with Crippen LogP contribution >= 0.6 is 11.6 Å². The minimum absolute atomic E-state index is 0.00815. The van der Waals surface area contributed by atoms with Crippen LogP contribution < -0.4 is 10.2 Å². The predicted octanol–water partition coefficient (Wildman–Crippen LogP) is 6.14. The largest absolute Gasteiger partial charge is 0.367 e. The minimum Gasteiger partial charge on any atom is -0.367 e. The molecule has 0 spiro atoms. The smallest absolute Gasteiger partial charge is 0.256 e. The van der Waals surface area contributed by atoms with Crippen molar-refractivity contribution in [1.29, 1.82) is 0 Å². The molecule has 7 nitrogen and oxygen atoms in total. The molecular formula is C34H33ClN4O3. The van der Waals surface area contributed by atoms with Gasteiger partial charge < -0.3 is 20.0 Å². The number of hydrogen-bond donors (Lipinski definition) is 1. The van der Waals surface area contributed by atoms with E-state index < -0.39 is 0 Å². The molecule has 3 amide bonds. The summed E-state index contributed by atoms with van der Waals surface area (Å²) in [7, 11) is 1.77. The molecule has 8 heteroatoms. The first-order chi connectivity index (χ1) is 20.3. The van der Waals surface area contributed by atoms with E-state index in [9.17, 15) is 14.4 Å². The van der Waals surface area contributed by atoms with Crippen LogP contribution in [0.4, 0.5) is 11.4 Å². The van der Waals surface area contributed by atoms with Crippen LogP contribution in [0.25, 0.3) is 0 Å². The topological polar surface area (TPSA) is 73.0 Å². The quantitative estimate of drug-likeness (QED) is 0.285. The Morgan fingerprint density at radius 2 is 1.45 bits per heavy atom. The van der Waals surface area contributed by atoms with E-state index in [4.69, 9.17) is 11.6 Å². The van der Waals surface area contributed by atoms with E-state index in [0.29, 0.717) is 60.1 Å². The number of carbonyl (C=O) groups is 3. The number of anilines is 2. The summed E-state index contributed by atoms with van der Waals surface area (Å²) in [6.45, 7) is 4.68. The Morgan fingerprint density at radius 1 is 0.810 bits per heavy atom. The van der Waals surface area contributed by atoms with Crippen molar-refractivity contribution < 1.29 is 14.4 Å². The lowest BCUT2D eigenvalue weighted by molar-refractivity contribution is 0.0742. The average molecular weight is 581 g/mol. The second-order valence-corrected chi connectivity index (χ2v) is 10.9. The molecule has 42 heavy (non-hydrogen) atoms. The van der Waals surface area contributed by atoms with E-state index in [2.05, 4.69) is 10.2 Å². The Kier molecular flexibility index (Phi) is 8.88. The van der Waals surface area contributed by atoms with Crippen molar-refractivity contribution in [2.24, 2.45) is 0 Å². The van der Waals surface area contributed by atoms with Crippen molar-refractivity contribution in [3.05, 3.63) is 130 Å². The maximum atomic E-state index is 13.9. The van der Waals surface area contributed by atoms with E-state index in [1.807, 2.05) is 72.5 Å². The highest BCUT2D eigenvalue weighted by Gasteiger charge is 2.26. The molecule has 4 aromatic carbocycles. The zero-order valence-corrected chi connectivity index (χ0v) is 24.5. The summed E-state index contributed by atoms with van der Waals surface area (Å²) in [5.41, 5.74) is 5.04. The Labute approximate surface area is 251 Å². The van der Waals surface area contributed by atoms with E-state index in [0.717, 1.165) is 16.8 Å². The summed E-state index contributed by atoms with van der Waals surface area (Å²) in [5.74, 6) is -0.443. The summed E-state index contributed by atoms with van der Waals surface area (Å²) in [6, 6.07) is 29.5.